The maximum absolute atomic E-state index is 12.1. The van der Waals surface area contributed by atoms with Crippen molar-refractivity contribution in [2.24, 2.45) is 5.92 Å². The highest BCUT2D eigenvalue weighted by atomic mass is 32.1. The van der Waals surface area contributed by atoms with Gasteiger partial charge >= 0.3 is 6.18 Å². The molecular weight excluding hydrogens is 237 g/mol. The quantitative estimate of drug-likeness (QED) is 0.740. The van der Waals surface area contributed by atoms with Crippen LogP contribution in [0.2, 0.25) is 0 Å². The third kappa shape index (κ3) is 2.84. The summed E-state index contributed by atoms with van der Waals surface area (Å²) in [5.41, 5.74) is 0. The van der Waals surface area contributed by atoms with Crippen molar-refractivity contribution in [1.29, 1.82) is 0 Å². The Balaban J connectivity index is 1.98. The third-order valence-electron chi connectivity index (χ3n) is 2.64. The van der Waals surface area contributed by atoms with E-state index >= 15 is 0 Å². The predicted molar refractivity (Wildman–Crippen MR) is 55.7 cm³/mol. The SMILES string of the molecule is O=C(c1ccc(CCC2CC2)s1)C(F)(F)F. The van der Waals surface area contributed by atoms with E-state index in [2.05, 4.69) is 0 Å². The first-order chi connectivity index (χ1) is 7.47. The lowest BCUT2D eigenvalue weighted by Gasteiger charge is -2.01. The van der Waals surface area contributed by atoms with Crippen molar-refractivity contribution in [3.63, 3.8) is 0 Å². The van der Waals surface area contributed by atoms with Gasteiger partial charge in [-0.05, 0) is 30.9 Å². The van der Waals surface area contributed by atoms with Crippen LogP contribution < -0.4 is 0 Å². The minimum absolute atomic E-state index is 0.196. The van der Waals surface area contributed by atoms with E-state index < -0.39 is 12.0 Å². The van der Waals surface area contributed by atoms with Gasteiger partial charge in [0.25, 0.3) is 5.78 Å². The van der Waals surface area contributed by atoms with E-state index in [4.69, 9.17) is 0 Å². The Morgan fingerprint density at radius 3 is 2.62 bits per heavy atom. The van der Waals surface area contributed by atoms with E-state index in [1.54, 1.807) is 6.07 Å². The molecule has 0 aromatic carbocycles. The maximum atomic E-state index is 12.1. The van der Waals surface area contributed by atoms with Gasteiger partial charge in [-0.25, -0.2) is 0 Å². The number of carbonyl (C=O) groups excluding carboxylic acids is 1. The number of Topliss-reactive ketones (excluding diaryl/α,β-unsaturated/α-hetero) is 1. The molecule has 1 aliphatic carbocycles. The van der Waals surface area contributed by atoms with Crippen molar-refractivity contribution in [2.75, 3.05) is 0 Å². The molecule has 1 aromatic rings. The standard InChI is InChI=1S/C11H11F3OS/c12-11(13,14)10(15)9-6-5-8(16-9)4-3-7-1-2-7/h5-7H,1-4H2. The molecule has 0 aliphatic heterocycles. The van der Waals surface area contributed by atoms with Crippen LogP contribution in [-0.4, -0.2) is 12.0 Å². The monoisotopic (exact) mass is 248 g/mol. The number of alkyl halides is 3. The fourth-order valence-electron chi connectivity index (χ4n) is 1.53. The van der Waals surface area contributed by atoms with E-state index in [1.807, 2.05) is 0 Å². The minimum Gasteiger partial charge on any atom is -0.283 e. The fourth-order valence-corrected chi connectivity index (χ4v) is 2.51. The zero-order chi connectivity index (χ0) is 11.8. The lowest BCUT2D eigenvalue weighted by molar-refractivity contribution is -0.0882. The number of aryl methyl sites for hydroxylation is 1. The smallest absolute Gasteiger partial charge is 0.283 e. The van der Waals surface area contributed by atoms with Crippen molar-refractivity contribution in [2.45, 2.75) is 31.9 Å². The van der Waals surface area contributed by atoms with E-state index in [0.29, 0.717) is 0 Å². The van der Waals surface area contributed by atoms with Crippen LogP contribution in [0.4, 0.5) is 13.2 Å². The molecule has 16 heavy (non-hydrogen) atoms. The summed E-state index contributed by atoms with van der Waals surface area (Å²) in [6.45, 7) is 0. The highest BCUT2D eigenvalue weighted by molar-refractivity contribution is 7.14. The van der Waals surface area contributed by atoms with E-state index in [0.717, 1.165) is 35.0 Å². The molecular formula is C11H11F3OS. The molecule has 0 spiro atoms. The van der Waals surface area contributed by atoms with Crippen LogP contribution in [0.3, 0.4) is 0 Å². The van der Waals surface area contributed by atoms with Gasteiger partial charge in [-0.1, -0.05) is 12.8 Å². The number of halogens is 3. The van der Waals surface area contributed by atoms with Crippen molar-refractivity contribution in [1.82, 2.24) is 0 Å². The van der Waals surface area contributed by atoms with Gasteiger partial charge in [0.2, 0.25) is 0 Å². The van der Waals surface area contributed by atoms with Gasteiger partial charge in [-0.2, -0.15) is 13.2 Å². The molecule has 88 valence electrons. The van der Waals surface area contributed by atoms with Gasteiger partial charge in [0.15, 0.2) is 0 Å². The molecule has 5 heteroatoms. The Labute approximate surface area is 95.3 Å². The summed E-state index contributed by atoms with van der Waals surface area (Å²) >= 11 is 0.968. The molecule has 1 aromatic heterocycles. The van der Waals surface area contributed by atoms with Gasteiger partial charge in [0.1, 0.15) is 0 Å². The Morgan fingerprint density at radius 1 is 1.38 bits per heavy atom. The maximum Gasteiger partial charge on any atom is 0.455 e. The van der Waals surface area contributed by atoms with Crippen LogP contribution in [0.25, 0.3) is 0 Å². The summed E-state index contributed by atoms with van der Waals surface area (Å²) < 4.78 is 36.4. The molecule has 2 rings (SSSR count). The largest absolute Gasteiger partial charge is 0.455 e. The zero-order valence-electron chi connectivity index (χ0n) is 8.51. The third-order valence-corrected chi connectivity index (χ3v) is 3.78. The summed E-state index contributed by atoms with van der Waals surface area (Å²) in [6.07, 6.45) is -0.460. The Morgan fingerprint density at radius 2 is 2.06 bits per heavy atom. The summed E-state index contributed by atoms with van der Waals surface area (Å²) in [6, 6.07) is 2.91. The lowest BCUT2D eigenvalue weighted by atomic mass is 10.2. The summed E-state index contributed by atoms with van der Waals surface area (Å²) in [5, 5.41) is 0. The van der Waals surface area contributed by atoms with E-state index in [9.17, 15) is 18.0 Å². The normalized spacial score (nSPS) is 16.4. The molecule has 0 bridgehead atoms. The zero-order valence-corrected chi connectivity index (χ0v) is 9.33. The van der Waals surface area contributed by atoms with Crippen molar-refractivity contribution >= 4 is 17.1 Å². The van der Waals surface area contributed by atoms with Crippen LogP contribution in [0.1, 0.15) is 33.8 Å². The number of carbonyl (C=O) groups is 1. The minimum atomic E-state index is -4.75. The summed E-state index contributed by atoms with van der Waals surface area (Å²) in [7, 11) is 0. The second-order valence-electron chi connectivity index (χ2n) is 4.07. The second-order valence-corrected chi connectivity index (χ2v) is 5.24. The average molecular weight is 248 g/mol. The Kier molecular flexibility index (Phi) is 3.06. The van der Waals surface area contributed by atoms with Gasteiger partial charge in [0, 0.05) is 4.88 Å². The first-order valence-corrected chi connectivity index (χ1v) is 5.98. The van der Waals surface area contributed by atoms with E-state index in [1.165, 1.54) is 18.9 Å². The predicted octanol–water partition coefficient (Wildman–Crippen LogP) is 3.84. The Bertz CT molecular complexity index is 390. The molecule has 0 atom stereocenters. The molecule has 1 nitrogen and oxygen atoms in total. The van der Waals surface area contributed by atoms with E-state index in [-0.39, 0.29) is 4.88 Å². The highest BCUT2D eigenvalue weighted by Crippen LogP contribution is 2.35. The molecule has 0 amide bonds. The van der Waals surface area contributed by atoms with Crippen LogP contribution in [-0.2, 0) is 6.42 Å². The first kappa shape index (κ1) is 11.6. The second kappa shape index (κ2) is 4.20. The number of hydrogen-bond acceptors (Lipinski definition) is 2. The van der Waals surface area contributed by atoms with Gasteiger partial charge < -0.3 is 0 Å². The molecule has 1 fully saturated rings. The van der Waals surface area contributed by atoms with Gasteiger partial charge in [-0.15, -0.1) is 11.3 Å². The number of ketones is 1. The van der Waals surface area contributed by atoms with Gasteiger partial charge in [-0.3, -0.25) is 4.79 Å². The lowest BCUT2D eigenvalue weighted by Crippen LogP contribution is -2.21. The van der Waals surface area contributed by atoms with Gasteiger partial charge in [0.05, 0.1) is 4.88 Å². The first-order valence-electron chi connectivity index (χ1n) is 5.17. The molecule has 1 saturated carbocycles. The van der Waals surface area contributed by atoms with Crippen LogP contribution in [0.15, 0.2) is 12.1 Å². The fraction of sp³-hybridized carbons (Fsp3) is 0.545. The van der Waals surface area contributed by atoms with Crippen molar-refractivity contribution < 1.29 is 18.0 Å². The summed E-state index contributed by atoms with van der Waals surface area (Å²) in [5.74, 6) is -0.973. The number of rotatable bonds is 4. The topological polar surface area (TPSA) is 17.1 Å². The van der Waals surface area contributed by atoms with Crippen molar-refractivity contribution in [3.8, 4) is 0 Å². The molecule has 0 radical (unpaired) electrons. The highest BCUT2D eigenvalue weighted by Gasteiger charge is 2.40. The molecule has 1 aliphatic rings. The van der Waals surface area contributed by atoms with Crippen LogP contribution in [0.5, 0.6) is 0 Å². The molecule has 0 unspecified atom stereocenters. The van der Waals surface area contributed by atoms with Crippen LogP contribution >= 0.6 is 11.3 Å². The molecule has 1 heterocycles. The Hall–Kier alpha value is -0.840. The summed E-state index contributed by atoms with van der Waals surface area (Å²) in [4.78, 5) is 11.6. The van der Waals surface area contributed by atoms with Crippen LogP contribution in [0, 0.1) is 5.92 Å². The number of thiophene rings is 1. The van der Waals surface area contributed by atoms with Crippen molar-refractivity contribution in [3.05, 3.63) is 21.9 Å². The number of hydrogen-bond donors (Lipinski definition) is 0. The molecule has 0 N–H and O–H groups in total. The average Bonchev–Trinajstić information content (AvgIpc) is 2.91. The molecule has 0 saturated heterocycles.